The number of hydrogen-bond acceptors (Lipinski definition) is 22. The summed E-state index contributed by atoms with van der Waals surface area (Å²) < 4.78 is 218. The number of hydrogen-bond donors (Lipinski definition) is 4. The van der Waals surface area contributed by atoms with Crippen LogP contribution in [0.3, 0.4) is 0 Å². The summed E-state index contributed by atoms with van der Waals surface area (Å²) in [7, 11) is 0. The van der Waals surface area contributed by atoms with E-state index in [-0.39, 0.29) is 39.6 Å². The number of morpholine rings is 4. The number of benzene rings is 6. The summed E-state index contributed by atoms with van der Waals surface area (Å²) in [6.45, 7) is 16.7. The maximum atomic E-state index is 13.6. The predicted octanol–water partition coefficient (Wildman–Crippen LogP) is 18.0. The third-order valence-corrected chi connectivity index (χ3v) is 20.9. The number of nitrogens with zero attached hydrogens (tertiary/aromatic N) is 14. The largest absolute Gasteiger partial charge is 0.433 e. The lowest BCUT2D eigenvalue weighted by Gasteiger charge is -2.28. The molecule has 4 saturated heterocycles. The van der Waals surface area contributed by atoms with Crippen LogP contribution in [0, 0.1) is 27.7 Å². The van der Waals surface area contributed by atoms with Crippen LogP contribution < -0.4 is 40.9 Å². The molecular formula is C91H81F15N18O8. The molecule has 0 aliphatic carbocycles. The summed E-state index contributed by atoms with van der Waals surface area (Å²) in [6.07, 6.45) is -15.0. The van der Waals surface area contributed by atoms with E-state index in [1.807, 2.05) is 38.1 Å². The number of carbonyl (C=O) groups excluding carboxylic acids is 4. The van der Waals surface area contributed by atoms with E-state index in [2.05, 4.69) is 86.5 Å². The van der Waals surface area contributed by atoms with Gasteiger partial charge in [-0.3, -0.25) is 29.1 Å². The van der Waals surface area contributed by atoms with Gasteiger partial charge in [-0.05, 0) is 172 Å². The number of carbonyl (C=O) groups is 4. The van der Waals surface area contributed by atoms with Gasteiger partial charge in [0.2, 0.25) is 5.95 Å². The van der Waals surface area contributed by atoms with Crippen molar-refractivity contribution < 1.29 is 104 Å². The fourth-order valence-electron chi connectivity index (χ4n) is 13.9. The molecule has 4 fully saturated rings. The van der Waals surface area contributed by atoms with E-state index >= 15 is 0 Å². The molecule has 6 aromatic heterocycles. The summed E-state index contributed by atoms with van der Waals surface area (Å²) in [6, 6.07) is 36.4. The van der Waals surface area contributed by atoms with Gasteiger partial charge >= 0.3 is 30.9 Å². The lowest BCUT2D eigenvalue weighted by atomic mass is 10.0. The van der Waals surface area contributed by atoms with Gasteiger partial charge in [0.05, 0.1) is 146 Å². The fourth-order valence-corrected chi connectivity index (χ4v) is 13.9. The fraction of sp³-hybridized carbons (Fsp3) is 0.275. The molecule has 688 valence electrons. The number of rotatable bonds is 16. The molecule has 0 bridgehead atoms. The van der Waals surface area contributed by atoms with Crippen LogP contribution >= 0.6 is 0 Å². The zero-order chi connectivity index (χ0) is 94.2. The van der Waals surface area contributed by atoms with Crippen molar-refractivity contribution >= 4 is 69.5 Å². The van der Waals surface area contributed by atoms with Crippen LogP contribution in [0.25, 0.3) is 44.9 Å². The number of ether oxygens (including phenoxy) is 4. The number of amides is 4. The Labute approximate surface area is 744 Å². The van der Waals surface area contributed by atoms with Gasteiger partial charge in [-0.25, -0.2) is 9.97 Å². The van der Waals surface area contributed by atoms with Crippen molar-refractivity contribution in [2.75, 3.05) is 146 Å². The van der Waals surface area contributed by atoms with Gasteiger partial charge in [-0.2, -0.15) is 91.3 Å². The van der Waals surface area contributed by atoms with E-state index in [9.17, 15) is 85.0 Å². The molecule has 0 saturated carbocycles. The number of halogens is 15. The minimum Gasteiger partial charge on any atom is -0.378 e. The molecule has 4 aliphatic heterocycles. The first-order valence-corrected chi connectivity index (χ1v) is 40.7. The molecule has 4 N–H and O–H groups in total. The summed E-state index contributed by atoms with van der Waals surface area (Å²) >= 11 is 0. The highest BCUT2D eigenvalue weighted by atomic mass is 19.4. The number of aromatic nitrogens is 10. The topological polar surface area (TPSA) is 295 Å². The first kappa shape index (κ1) is 95.4. The van der Waals surface area contributed by atoms with Crippen molar-refractivity contribution in [3.63, 3.8) is 0 Å². The van der Waals surface area contributed by atoms with Crippen LogP contribution in [0.4, 0.5) is 112 Å². The quantitative estimate of drug-likeness (QED) is 0.0654. The van der Waals surface area contributed by atoms with E-state index < -0.39 is 82.5 Å². The molecule has 0 unspecified atom stereocenters. The van der Waals surface area contributed by atoms with Crippen LogP contribution in [0.15, 0.2) is 201 Å². The van der Waals surface area contributed by atoms with E-state index in [1.54, 1.807) is 67.7 Å². The zero-order valence-electron chi connectivity index (χ0n) is 70.6. The molecule has 132 heavy (non-hydrogen) atoms. The summed E-state index contributed by atoms with van der Waals surface area (Å²) in [5.41, 5.74) is 5.27. The third-order valence-electron chi connectivity index (χ3n) is 20.9. The average molecular weight is 1840 g/mol. The zero-order valence-corrected chi connectivity index (χ0v) is 70.6. The molecule has 0 atom stereocenters. The second kappa shape index (κ2) is 41.7. The second-order valence-corrected chi connectivity index (χ2v) is 30.1. The maximum absolute atomic E-state index is 13.6. The number of anilines is 8. The smallest absolute Gasteiger partial charge is 0.378 e. The molecule has 4 amide bonds. The first-order chi connectivity index (χ1) is 62.8. The van der Waals surface area contributed by atoms with E-state index in [0.717, 1.165) is 120 Å². The number of pyridine rings is 2. The second-order valence-electron chi connectivity index (χ2n) is 30.1. The van der Waals surface area contributed by atoms with Crippen molar-refractivity contribution in [2.24, 2.45) is 0 Å². The monoisotopic (exact) mass is 1840 g/mol. The van der Waals surface area contributed by atoms with Crippen molar-refractivity contribution in [1.29, 1.82) is 0 Å². The Bertz CT molecular complexity index is 5700. The Hall–Kier alpha value is -14.2. The summed E-state index contributed by atoms with van der Waals surface area (Å²) in [5, 5.41) is 35.3. The lowest BCUT2D eigenvalue weighted by molar-refractivity contribution is -0.141. The highest BCUT2D eigenvalue weighted by molar-refractivity contribution is 6.07. The molecule has 16 rings (SSSR count). The van der Waals surface area contributed by atoms with Gasteiger partial charge < -0.3 is 59.8 Å². The van der Waals surface area contributed by atoms with Crippen molar-refractivity contribution in [1.82, 2.24) is 50.5 Å². The Morgan fingerprint density at radius 1 is 0.318 bits per heavy atom. The van der Waals surface area contributed by atoms with Gasteiger partial charge in [0, 0.05) is 125 Å². The van der Waals surface area contributed by atoms with E-state index in [4.69, 9.17) is 18.9 Å². The number of nitrogens with one attached hydrogen (secondary N) is 4. The predicted molar refractivity (Wildman–Crippen MR) is 459 cm³/mol. The van der Waals surface area contributed by atoms with Crippen molar-refractivity contribution in [3.05, 3.63) is 274 Å². The van der Waals surface area contributed by atoms with Gasteiger partial charge in [-0.15, -0.1) is 5.10 Å². The Kier molecular flexibility index (Phi) is 30.1. The van der Waals surface area contributed by atoms with Gasteiger partial charge in [0.1, 0.15) is 0 Å². The molecule has 0 radical (unpaired) electrons. The maximum Gasteiger partial charge on any atom is 0.433 e. The average Bonchev–Trinajstić information content (AvgIpc) is 0.782. The molecule has 4 aliphatic rings. The van der Waals surface area contributed by atoms with Gasteiger partial charge in [0.25, 0.3) is 23.6 Å². The highest BCUT2D eigenvalue weighted by Gasteiger charge is 2.37. The van der Waals surface area contributed by atoms with Crippen LogP contribution in [-0.4, -0.2) is 179 Å². The summed E-state index contributed by atoms with van der Waals surface area (Å²) in [4.78, 5) is 74.9. The van der Waals surface area contributed by atoms with E-state index in [1.165, 1.54) is 67.0 Å². The van der Waals surface area contributed by atoms with Gasteiger partial charge in [-0.1, -0.05) is 36.4 Å². The molecule has 12 aromatic rings. The Morgan fingerprint density at radius 2 is 0.659 bits per heavy atom. The number of alkyl halides is 15. The molecular weight excluding hydrogens is 1760 g/mol. The van der Waals surface area contributed by atoms with Gasteiger partial charge in [0.15, 0.2) is 11.5 Å². The van der Waals surface area contributed by atoms with Crippen LogP contribution in [-0.2, 0) is 49.8 Å². The lowest BCUT2D eigenvalue weighted by Crippen LogP contribution is -2.37. The highest BCUT2D eigenvalue weighted by Crippen LogP contribution is 2.39. The Balaban J connectivity index is 0.000000150. The molecule has 6 aromatic carbocycles. The van der Waals surface area contributed by atoms with Crippen LogP contribution in [0.2, 0.25) is 0 Å². The van der Waals surface area contributed by atoms with Crippen molar-refractivity contribution in [2.45, 2.75) is 58.6 Å². The van der Waals surface area contributed by atoms with Crippen LogP contribution in [0.5, 0.6) is 0 Å². The van der Waals surface area contributed by atoms with Crippen LogP contribution in [0.1, 0.15) is 91.9 Å². The van der Waals surface area contributed by atoms with Crippen molar-refractivity contribution in [3.8, 4) is 44.9 Å². The third kappa shape index (κ3) is 25.3. The molecule has 0 spiro atoms. The first-order valence-electron chi connectivity index (χ1n) is 40.7. The molecule has 10 heterocycles. The minimum atomic E-state index is -4.72. The molecule has 41 heteroatoms. The SMILES string of the molecule is Cc1ccc(NC(=O)c2cccc(C(F)(F)F)c2)cc1-c1cc(C(F)(F)F)nc(N2CCOCC2)n1.Cc1ccc(NC(=O)c2cccc(C(F)(F)F)c2)cc1-c1cc(N2CCOCC2)cnn1.Cc1ncc(NC(=O)c2cccc(C(F)(F)F)c2)cc1-c1cc(N2CCOCC2)cnn1.Cc1ncc(NC(=O)c2cccc(C(F)(F)F)c2)cc1-c1cnnc(N2CCOCC2)c1. The minimum absolute atomic E-state index is 0.00788. The number of aryl methyl sites for hydroxylation is 4. The normalized spacial score (nSPS) is 14.4. The van der Waals surface area contributed by atoms with E-state index in [0.29, 0.717) is 141 Å². The molecule has 26 nitrogen and oxygen atoms in total. The Morgan fingerprint density at radius 3 is 1.05 bits per heavy atom. The standard InChI is InChI=1S/C24H20F6N4O2.C23H21F3N4O2.2C22H20F3N5O2/c1-14-5-6-17(31-21(35)15-3-2-4-16(11-15)23(25,26)27)12-18(14)19-13-20(24(28,29)30)33-22(32-19)34-7-9-36-10-8-34;1-15-5-6-18(28-22(31)16-3-2-4-17(11-16)23(24,25)26)12-20(15)21-13-19(14-27-29-21)30-7-9-32-10-8-30;1-14-19(16-10-20(29-27-12-16)30-5-7-32-8-6-30)11-18(13-26-14)28-21(31)15-3-2-4-17(9-15)22(23,24)25;1-14-19(20-11-18(13-27-29-20)30-5-7-32-8-6-30)10-17(12-26-14)28-21(31)15-3-2-4-16(9-15)22(23,24)25/h2-6,11-13H,7-10H2,1H3,(H,31,35);2-6,11-14H,7-10H2,1H3,(H,28,31);2*2-4,9-13H,5-8H2,1H3,(H,28,31). The summed E-state index contributed by atoms with van der Waals surface area (Å²) in [5.74, 6) is -2.14.